The minimum Gasteiger partial charge on any atom is -0.318 e. The number of nitrogens with one attached hydrogen (secondary N) is 1. The number of aliphatic imine (C=N–C) groups is 1. The highest BCUT2D eigenvalue weighted by atomic mass is 32.2. The molecular weight excluding hydrogens is 394 g/mol. The number of hydrogen-bond acceptors (Lipinski definition) is 4. The van der Waals surface area contributed by atoms with Crippen molar-refractivity contribution >= 4 is 39.8 Å². The summed E-state index contributed by atoms with van der Waals surface area (Å²) >= 11 is 1.38. The number of amidine groups is 2. The summed E-state index contributed by atoms with van der Waals surface area (Å²) in [6.07, 6.45) is 3.55. The third-order valence-electron chi connectivity index (χ3n) is 5.34. The van der Waals surface area contributed by atoms with Gasteiger partial charge in [-0.1, -0.05) is 19.1 Å². The van der Waals surface area contributed by atoms with Gasteiger partial charge in [-0.15, -0.1) is 0 Å². The molecule has 0 atom stereocenters. The van der Waals surface area contributed by atoms with E-state index in [1.807, 2.05) is 6.92 Å². The second-order valence-corrected chi connectivity index (χ2v) is 8.76. The molecule has 0 fully saturated rings. The maximum absolute atomic E-state index is 12.7. The smallest absolute Gasteiger partial charge is 0.283 e. The Kier molecular flexibility index (Phi) is 5.24. The molecule has 0 saturated carbocycles. The first kappa shape index (κ1) is 20.3. The Morgan fingerprint density at radius 1 is 1.17 bits per heavy atom. The summed E-state index contributed by atoms with van der Waals surface area (Å²) in [6, 6.07) is 8.44. The number of carbonyl (C=O) groups is 1. The van der Waals surface area contributed by atoms with Crippen LogP contribution in [-0.2, 0) is 4.79 Å². The van der Waals surface area contributed by atoms with Gasteiger partial charge in [-0.2, -0.15) is 15.1 Å². The van der Waals surface area contributed by atoms with Crippen molar-refractivity contribution in [3.8, 4) is 5.69 Å². The van der Waals surface area contributed by atoms with Gasteiger partial charge in [-0.25, -0.2) is 0 Å². The van der Waals surface area contributed by atoms with Gasteiger partial charge in [0.2, 0.25) is 5.17 Å². The summed E-state index contributed by atoms with van der Waals surface area (Å²) in [7, 11) is 0. The first-order valence-electron chi connectivity index (χ1n) is 10.1. The molecule has 2 aliphatic rings. The summed E-state index contributed by atoms with van der Waals surface area (Å²) in [4.78, 5) is 16.9. The summed E-state index contributed by atoms with van der Waals surface area (Å²) < 4.78 is 2.20. The molecule has 2 aliphatic heterocycles. The first-order chi connectivity index (χ1) is 14.3. The molecule has 30 heavy (non-hydrogen) atoms. The molecule has 0 aliphatic carbocycles. The zero-order valence-electron chi connectivity index (χ0n) is 17.9. The van der Waals surface area contributed by atoms with Gasteiger partial charge < -0.3 is 4.57 Å². The standard InChI is InChI=1S/C23H25N5OS/c1-6-7-20-26-28-21(24)18(22(29)25-23(28)30-20)12-17-11-15(4)27(16(17)5)19-10-13(2)8-9-14(19)3/h8-12,24H,6-7H2,1-5H3. The Hall–Kier alpha value is -2.93. The second-order valence-electron chi connectivity index (χ2n) is 7.72. The topological polar surface area (TPSA) is 73.8 Å². The number of hydrogen-bond donors (Lipinski definition) is 1. The Labute approximate surface area is 180 Å². The molecular formula is C23H25N5OS. The van der Waals surface area contributed by atoms with Crippen molar-refractivity contribution in [2.24, 2.45) is 10.1 Å². The molecule has 1 aromatic carbocycles. The molecule has 0 radical (unpaired) electrons. The van der Waals surface area contributed by atoms with Crippen molar-refractivity contribution in [3.63, 3.8) is 0 Å². The molecule has 3 heterocycles. The number of benzene rings is 1. The van der Waals surface area contributed by atoms with E-state index in [4.69, 9.17) is 5.41 Å². The number of thioether (sulfide) groups is 1. The molecule has 1 aromatic heterocycles. The van der Waals surface area contributed by atoms with Crippen LogP contribution in [0.5, 0.6) is 0 Å². The fourth-order valence-electron chi connectivity index (χ4n) is 3.77. The largest absolute Gasteiger partial charge is 0.318 e. The van der Waals surface area contributed by atoms with Crippen LogP contribution >= 0.6 is 11.8 Å². The van der Waals surface area contributed by atoms with Crippen molar-refractivity contribution in [2.45, 2.75) is 47.5 Å². The summed E-state index contributed by atoms with van der Waals surface area (Å²) in [5, 5.41) is 15.9. The minimum atomic E-state index is -0.386. The van der Waals surface area contributed by atoms with Gasteiger partial charge in [-0.3, -0.25) is 10.2 Å². The van der Waals surface area contributed by atoms with Gasteiger partial charge in [0.15, 0.2) is 5.84 Å². The van der Waals surface area contributed by atoms with Gasteiger partial charge in [-0.05, 0) is 87.2 Å². The SMILES string of the molecule is CCCC1=NN2C(=N)C(=Cc3cc(C)n(-c4cc(C)ccc4C)c3C)C(=O)N=C2S1. The van der Waals surface area contributed by atoms with E-state index in [0.717, 1.165) is 40.5 Å². The number of fused-ring (bicyclic) bond motifs is 1. The lowest BCUT2D eigenvalue weighted by Gasteiger charge is -2.20. The third-order valence-corrected chi connectivity index (χ3v) is 6.30. The molecule has 0 spiro atoms. The summed E-state index contributed by atoms with van der Waals surface area (Å²) in [5.41, 5.74) is 6.78. The predicted molar refractivity (Wildman–Crippen MR) is 125 cm³/mol. The molecule has 1 amide bonds. The lowest BCUT2D eigenvalue weighted by molar-refractivity contribution is -0.114. The average Bonchev–Trinajstić information content (AvgIpc) is 3.21. The monoisotopic (exact) mass is 419 g/mol. The molecule has 0 saturated heterocycles. The van der Waals surface area contributed by atoms with E-state index >= 15 is 0 Å². The normalized spacial score (nSPS) is 17.5. The molecule has 4 rings (SSSR count). The van der Waals surface area contributed by atoms with E-state index < -0.39 is 0 Å². The average molecular weight is 420 g/mol. The summed E-state index contributed by atoms with van der Waals surface area (Å²) in [5.74, 6) is -0.302. The van der Waals surface area contributed by atoms with E-state index in [1.165, 1.54) is 27.9 Å². The van der Waals surface area contributed by atoms with Gasteiger partial charge >= 0.3 is 0 Å². The fourth-order valence-corrected chi connectivity index (χ4v) is 4.75. The van der Waals surface area contributed by atoms with E-state index in [1.54, 1.807) is 6.08 Å². The Morgan fingerprint density at radius 2 is 1.93 bits per heavy atom. The predicted octanol–water partition coefficient (Wildman–Crippen LogP) is 5.13. The number of amides is 1. The Balaban J connectivity index is 1.75. The van der Waals surface area contributed by atoms with Gasteiger partial charge in [0.25, 0.3) is 5.91 Å². The Bertz CT molecular complexity index is 1170. The number of aryl methyl sites for hydroxylation is 3. The van der Waals surface area contributed by atoms with Crippen molar-refractivity contribution in [2.75, 3.05) is 0 Å². The lowest BCUT2D eigenvalue weighted by atomic mass is 10.1. The van der Waals surface area contributed by atoms with Gasteiger partial charge in [0.1, 0.15) is 5.04 Å². The highest BCUT2D eigenvalue weighted by molar-refractivity contribution is 8.26. The minimum absolute atomic E-state index is 0.0835. The van der Waals surface area contributed by atoms with Crippen LogP contribution in [0.1, 0.15) is 47.8 Å². The highest BCUT2D eigenvalue weighted by Crippen LogP contribution is 2.31. The van der Waals surface area contributed by atoms with E-state index in [0.29, 0.717) is 5.17 Å². The first-order valence-corrected chi connectivity index (χ1v) is 10.9. The third kappa shape index (κ3) is 3.43. The van der Waals surface area contributed by atoms with E-state index in [2.05, 4.69) is 66.6 Å². The summed E-state index contributed by atoms with van der Waals surface area (Å²) in [6.45, 7) is 10.4. The molecule has 6 nitrogen and oxygen atoms in total. The number of carbonyl (C=O) groups excluding carboxylic acids is 1. The van der Waals surface area contributed by atoms with Crippen molar-refractivity contribution < 1.29 is 4.79 Å². The maximum atomic E-state index is 12.7. The number of hydrazone groups is 1. The molecule has 2 aromatic rings. The number of nitrogens with zero attached hydrogens (tertiary/aromatic N) is 4. The van der Waals surface area contributed by atoms with Crippen molar-refractivity contribution in [1.29, 1.82) is 5.41 Å². The Morgan fingerprint density at radius 3 is 2.67 bits per heavy atom. The van der Waals surface area contributed by atoms with E-state index in [-0.39, 0.29) is 17.3 Å². The van der Waals surface area contributed by atoms with Gasteiger partial charge in [0.05, 0.1) is 5.57 Å². The van der Waals surface area contributed by atoms with E-state index in [9.17, 15) is 4.79 Å². The van der Waals surface area contributed by atoms with Crippen LogP contribution in [-0.4, -0.2) is 31.5 Å². The van der Waals surface area contributed by atoms with Crippen molar-refractivity contribution in [1.82, 2.24) is 9.58 Å². The highest BCUT2D eigenvalue weighted by Gasteiger charge is 2.35. The number of aromatic nitrogens is 1. The van der Waals surface area contributed by atoms with Crippen LogP contribution in [0, 0.1) is 33.1 Å². The van der Waals surface area contributed by atoms with Crippen LogP contribution in [0.25, 0.3) is 11.8 Å². The second kappa shape index (κ2) is 7.72. The zero-order chi connectivity index (χ0) is 21.6. The molecule has 0 unspecified atom stereocenters. The van der Waals surface area contributed by atoms with Crippen LogP contribution < -0.4 is 0 Å². The number of rotatable bonds is 4. The quantitative estimate of drug-likeness (QED) is 0.698. The fraction of sp³-hybridized carbons (Fsp3) is 0.304. The molecule has 0 bridgehead atoms. The zero-order valence-corrected chi connectivity index (χ0v) is 18.7. The molecule has 154 valence electrons. The lowest BCUT2D eigenvalue weighted by Crippen LogP contribution is -2.35. The van der Waals surface area contributed by atoms with Crippen LogP contribution in [0.2, 0.25) is 0 Å². The van der Waals surface area contributed by atoms with Crippen LogP contribution in [0.4, 0.5) is 0 Å². The van der Waals surface area contributed by atoms with Crippen LogP contribution in [0.3, 0.4) is 0 Å². The molecule has 7 heteroatoms. The van der Waals surface area contributed by atoms with Crippen LogP contribution in [0.15, 0.2) is 39.9 Å². The van der Waals surface area contributed by atoms with Gasteiger partial charge in [0, 0.05) is 17.1 Å². The maximum Gasteiger partial charge on any atom is 0.283 e. The van der Waals surface area contributed by atoms with Crippen molar-refractivity contribution in [3.05, 3.63) is 57.9 Å². The molecule has 1 N–H and O–H groups in total.